The van der Waals surface area contributed by atoms with Gasteiger partial charge in [0.1, 0.15) is 5.78 Å². The summed E-state index contributed by atoms with van der Waals surface area (Å²) >= 11 is 0. The van der Waals surface area contributed by atoms with Crippen LogP contribution in [-0.4, -0.2) is 49.9 Å². The highest BCUT2D eigenvalue weighted by molar-refractivity contribution is 7.70. The van der Waals surface area contributed by atoms with Gasteiger partial charge in [0.15, 0.2) is 0 Å². The summed E-state index contributed by atoms with van der Waals surface area (Å²) in [6.45, 7) is 1.42. The summed E-state index contributed by atoms with van der Waals surface area (Å²) in [5.74, 6) is -1.28. The number of Topliss-reactive ketones (excluding diaryl/α,β-unsaturated/α-hetero) is 1. The molecule has 128 valence electrons. The van der Waals surface area contributed by atoms with Crippen LogP contribution in [0.1, 0.15) is 25.7 Å². The maximum atomic E-state index is 11.9. The molecule has 0 spiro atoms. The lowest BCUT2D eigenvalue weighted by molar-refractivity contribution is -0.127. The molecular weight excluding hydrogens is 338 g/mol. The molecule has 0 bridgehead atoms. The van der Waals surface area contributed by atoms with Crippen molar-refractivity contribution in [2.24, 2.45) is 5.92 Å². The monoisotopic (exact) mass is 358 g/mol. The smallest absolute Gasteiger partial charge is 0.332 e. The van der Waals surface area contributed by atoms with Crippen LogP contribution in [-0.2, 0) is 18.7 Å². The molecule has 0 aromatic rings. The summed E-state index contributed by atoms with van der Waals surface area (Å²) in [5.41, 5.74) is -2.58. The number of carbonyl (C=O) groups is 2. The van der Waals surface area contributed by atoms with Crippen LogP contribution in [0.3, 0.4) is 0 Å². The average Bonchev–Trinajstić information content (AvgIpc) is 2.40. The maximum absolute atomic E-state index is 11.9. The first-order valence-electron chi connectivity index (χ1n) is 6.65. The number of carbonyl (C=O) groups excluding carboxylic acids is 2. The highest BCUT2D eigenvalue weighted by Crippen LogP contribution is 2.58. The molecule has 22 heavy (non-hydrogen) atoms. The first-order chi connectivity index (χ1) is 10.0. The van der Waals surface area contributed by atoms with Crippen molar-refractivity contribution in [3.8, 4) is 0 Å². The standard InChI is InChI=1S/C10H20N2O8P2/c13-8(7-3-5-11-6-4-7)1-2-9(14)12-10(21(15,16)17)22(18,19)20/h7,10-11H,1-6H2,(H,12,14)(H2,15,16,17)(H2,18,19,20). The minimum atomic E-state index is -5.21. The lowest BCUT2D eigenvalue weighted by atomic mass is 9.91. The van der Waals surface area contributed by atoms with Gasteiger partial charge < -0.3 is 30.2 Å². The molecule has 0 aromatic heterocycles. The van der Waals surface area contributed by atoms with Crippen molar-refractivity contribution in [1.29, 1.82) is 0 Å². The summed E-state index contributed by atoms with van der Waals surface area (Å²) in [6, 6.07) is 0. The van der Waals surface area contributed by atoms with Gasteiger partial charge in [0.05, 0.1) is 0 Å². The lowest BCUT2D eigenvalue weighted by Crippen LogP contribution is -2.36. The zero-order valence-electron chi connectivity index (χ0n) is 11.7. The van der Waals surface area contributed by atoms with E-state index >= 15 is 0 Å². The Labute approximate surface area is 127 Å². The number of rotatable bonds is 7. The van der Waals surface area contributed by atoms with Gasteiger partial charge in [0, 0.05) is 18.8 Å². The molecular formula is C10H20N2O8P2. The molecule has 0 radical (unpaired) electrons. The van der Waals surface area contributed by atoms with Crippen molar-refractivity contribution in [3.05, 3.63) is 0 Å². The summed E-state index contributed by atoms with van der Waals surface area (Å²) < 4.78 is 22.0. The molecule has 6 N–H and O–H groups in total. The molecule has 12 heteroatoms. The lowest BCUT2D eigenvalue weighted by Gasteiger charge is -2.22. The predicted molar refractivity (Wildman–Crippen MR) is 75.9 cm³/mol. The van der Waals surface area contributed by atoms with Crippen LogP contribution in [0.15, 0.2) is 0 Å². The van der Waals surface area contributed by atoms with E-state index in [0.29, 0.717) is 25.9 Å². The third kappa shape index (κ3) is 6.26. The minimum Gasteiger partial charge on any atom is -0.332 e. The van der Waals surface area contributed by atoms with Crippen molar-refractivity contribution in [2.75, 3.05) is 13.1 Å². The molecule has 1 fully saturated rings. The molecule has 0 unspecified atom stereocenters. The van der Waals surface area contributed by atoms with Gasteiger partial charge in [-0.1, -0.05) is 0 Å². The second-order valence-electron chi connectivity index (χ2n) is 5.11. The van der Waals surface area contributed by atoms with E-state index in [0.717, 1.165) is 0 Å². The van der Waals surface area contributed by atoms with Crippen molar-refractivity contribution in [3.63, 3.8) is 0 Å². The zero-order valence-corrected chi connectivity index (χ0v) is 13.5. The van der Waals surface area contributed by atoms with Crippen LogP contribution in [0.25, 0.3) is 0 Å². The Morgan fingerprint density at radius 2 is 1.55 bits per heavy atom. The third-order valence-corrected chi connectivity index (χ3v) is 6.66. The molecule has 10 nitrogen and oxygen atoms in total. The number of amides is 1. The van der Waals surface area contributed by atoms with Gasteiger partial charge in [-0.05, 0) is 25.9 Å². The Morgan fingerprint density at radius 3 is 2.00 bits per heavy atom. The van der Waals surface area contributed by atoms with E-state index in [1.165, 1.54) is 0 Å². The molecule has 1 amide bonds. The second kappa shape index (κ2) is 7.79. The number of nitrogens with one attached hydrogen (secondary N) is 2. The van der Waals surface area contributed by atoms with E-state index in [4.69, 9.17) is 19.6 Å². The van der Waals surface area contributed by atoms with Gasteiger partial charge >= 0.3 is 15.2 Å². The van der Waals surface area contributed by atoms with Crippen molar-refractivity contribution in [2.45, 2.75) is 31.2 Å². The van der Waals surface area contributed by atoms with E-state index in [-0.39, 0.29) is 24.5 Å². The normalized spacial score (nSPS) is 17.5. The molecule has 0 aliphatic carbocycles. The molecule has 1 aliphatic rings. The van der Waals surface area contributed by atoms with E-state index in [2.05, 4.69) is 5.32 Å². The molecule has 0 atom stereocenters. The summed E-state index contributed by atoms with van der Waals surface area (Å²) in [7, 11) is -10.4. The van der Waals surface area contributed by atoms with Gasteiger partial charge in [-0.2, -0.15) is 0 Å². The van der Waals surface area contributed by atoms with Crippen molar-refractivity contribution < 1.29 is 38.3 Å². The quantitative estimate of drug-likeness (QED) is 0.315. The van der Waals surface area contributed by atoms with Crippen LogP contribution in [0, 0.1) is 5.92 Å². The molecule has 0 aromatic carbocycles. The number of ketones is 1. The van der Waals surface area contributed by atoms with Gasteiger partial charge in [-0.25, -0.2) is 0 Å². The van der Waals surface area contributed by atoms with Crippen LogP contribution >= 0.6 is 15.2 Å². The van der Waals surface area contributed by atoms with E-state index in [9.17, 15) is 18.7 Å². The summed E-state index contributed by atoms with van der Waals surface area (Å²) in [6.07, 6.45) is 0.812. The molecule has 0 saturated carbocycles. The van der Waals surface area contributed by atoms with Crippen molar-refractivity contribution in [1.82, 2.24) is 10.6 Å². The van der Waals surface area contributed by atoms with Crippen LogP contribution < -0.4 is 10.6 Å². The van der Waals surface area contributed by atoms with Crippen molar-refractivity contribution >= 4 is 26.9 Å². The summed E-state index contributed by atoms with van der Waals surface area (Å²) in [4.78, 5) is 58.9. The zero-order chi connectivity index (χ0) is 17.0. The van der Waals surface area contributed by atoms with E-state index in [1.807, 2.05) is 0 Å². The second-order valence-corrected chi connectivity index (χ2v) is 8.91. The number of hydrogen-bond donors (Lipinski definition) is 6. The van der Waals surface area contributed by atoms with Crippen LogP contribution in [0.2, 0.25) is 0 Å². The van der Waals surface area contributed by atoms with Gasteiger partial charge in [-0.3, -0.25) is 18.7 Å². The Morgan fingerprint density at radius 1 is 1.05 bits per heavy atom. The van der Waals surface area contributed by atoms with Crippen LogP contribution in [0.4, 0.5) is 0 Å². The minimum absolute atomic E-state index is 0.133. The maximum Gasteiger partial charge on any atom is 0.360 e. The SMILES string of the molecule is O=C(CCC(=O)C1CCNCC1)NC(P(=O)(O)O)P(=O)(O)O. The molecule has 1 rings (SSSR count). The Kier molecular flexibility index (Phi) is 6.88. The molecule has 1 heterocycles. The topological polar surface area (TPSA) is 173 Å². The average molecular weight is 358 g/mol. The molecule has 1 saturated heterocycles. The van der Waals surface area contributed by atoms with Gasteiger partial charge in [-0.15, -0.1) is 0 Å². The predicted octanol–water partition coefficient (Wildman–Crippen LogP) is -0.909. The fraction of sp³-hybridized carbons (Fsp3) is 0.800. The van der Waals surface area contributed by atoms with E-state index < -0.39 is 26.6 Å². The Balaban J connectivity index is 2.52. The van der Waals surface area contributed by atoms with Gasteiger partial charge in [0.2, 0.25) is 11.4 Å². The van der Waals surface area contributed by atoms with E-state index in [1.54, 1.807) is 5.32 Å². The fourth-order valence-electron chi connectivity index (χ4n) is 2.17. The van der Waals surface area contributed by atoms with Crippen LogP contribution in [0.5, 0.6) is 0 Å². The Bertz CT molecular complexity index is 485. The summed E-state index contributed by atoms with van der Waals surface area (Å²) in [5, 5.41) is 4.71. The Hall–Kier alpha value is -0.600. The largest absolute Gasteiger partial charge is 0.360 e. The third-order valence-electron chi connectivity index (χ3n) is 3.32. The highest BCUT2D eigenvalue weighted by atomic mass is 31.2. The highest BCUT2D eigenvalue weighted by Gasteiger charge is 2.44. The first kappa shape index (κ1) is 19.4. The number of piperidine rings is 1. The fourth-order valence-corrected chi connectivity index (χ4v) is 4.36. The van der Waals surface area contributed by atoms with Gasteiger partial charge in [0.25, 0.3) is 0 Å². The number of hydrogen-bond acceptors (Lipinski definition) is 5. The molecule has 1 aliphatic heterocycles. The first-order valence-corrected chi connectivity index (χ1v) is 10.0.